The summed E-state index contributed by atoms with van der Waals surface area (Å²) in [5.74, 6) is -1.21. The molecule has 1 aliphatic rings. The predicted octanol–water partition coefficient (Wildman–Crippen LogP) is 1.94. The zero-order valence-corrected chi connectivity index (χ0v) is 19.9. The van der Waals surface area contributed by atoms with Gasteiger partial charge in [-0.3, -0.25) is 14.5 Å². The number of nitrogens with one attached hydrogen (secondary N) is 1. The third-order valence-electron chi connectivity index (χ3n) is 6.18. The molecule has 5 atom stereocenters. The molecule has 8 heteroatoms. The van der Waals surface area contributed by atoms with Gasteiger partial charge in [0, 0.05) is 0 Å². The SMILES string of the molecule is CC[C@H](C)[C@H](NC(=O)[C@@H]([C@@H](O)c1ccccc1)N1CN(C)[C@@H](CC(C)C)C1=O)C(=O)OC. The third kappa shape index (κ3) is 5.86. The molecule has 0 aliphatic carbocycles. The molecule has 1 aliphatic heterocycles. The van der Waals surface area contributed by atoms with Crippen molar-refractivity contribution in [3.63, 3.8) is 0 Å². The monoisotopic (exact) mass is 447 g/mol. The highest BCUT2D eigenvalue weighted by molar-refractivity contribution is 5.93. The van der Waals surface area contributed by atoms with Gasteiger partial charge in [0.15, 0.2) is 0 Å². The number of ether oxygens (including phenoxy) is 1. The number of nitrogens with zero attached hydrogens (tertiary/aromatic N) is 2. The predicted molar refractivity (Wildman–Crippen MR) is 121 cm³/mol. The lowest BCUT2D eigenvalue weighted by molar-refractivity contribution is -0.149. The molecule has 1 saturated heterocycles. The summed E-state index contributed by atoms with van der Waals surface area (Å²) < 4.78 is 4.88. The maximum absolute atomic E-state index is 13.5. The Morgan fingerprint density at radius 2 is 1.84 bits per heavy atom. The third-order valence-corrected chi connectivity index (χ3v) is 6.18. The summed E-state index contributed by atoms with van der Waals surface area (Å²) in [6.07, 6.45) is 0.0501. The van der Waals surface area contributed by atoms with Crippen molar-refractivity contribution in [3.8, 4) is 0 Å². The first-order valence-corrected chi connectivity index (χ1v) is 11.2. The minimum Gasteiger partial charge on any atom is -0.467 e. The van der Waals surface area contributed by atoms with Crippen LogP contribution in [-0.4, -0.2) is 71.6 Å². The van der Waals surface area contributed by atoms with E-state index in [9.17, 15) is 19.5 Å². The van der Waals surface area contributed by atoms with E-state index in [0.29, 0.717) is 24.3 Å². The number of amides is 2. The van der Waals surface area contributed by atoms with Crippen LogP contribution in [0, 0.1) is 11.8 Å². The van der Waals surface area contributed by atoms with Crippen LogP contribution >= 0.6 is 0 Å². The van der Waals surface area contributed by atoms with Crippen molar-refractivity contribution in [2.75, 3.05) is 20.8 Å². The number of carbonyl (C=O) groups excluding carboxylic acids is 3. The first kappa shape index (κ1) is 25.8. The Morgan fingerprint density at radius 1 is 1.22 bits per heavy atom. The summed E-state index contributed by atoms with van der Waals surface area (Å²) in [4.78, 5) is 42.4. The van der Waals surface area contributed by atoms with E-state index in [1.165, 1.54) is 12.0 Å². The van der Waals surface area contributed by atoms with E-state index < -0.39 is 30.1 Å². The number of carbonyl (C=O) groups is 3. The Bertz CT molecular complexity index is 785. The van der Waals surface area contributed by atoms with Crippen LogP contribution in [-0.2, 0) is 19.1 Å². The number of aliphatic hydroxyl groups is 1. The van der Waals surface area contributed by atoms with Crippen molar-refractivity contribution in [2.24, 2.45) is 11.8 Å². The molecule has 1 fully saturated rings. The van der Waals surface area contributed by atoms with Gasteiger partial charge in [-0.05, 0) is 30.9 Å². The van der Waals surface area contributed by atoms with Gasteiger partial charge in [0.25, 0.3) is 0 Å². The molecule has 0 unspecified atom stereocenters. The summed E-state index contributed by atoms with van der Waals surface area (Å²) >= 11 is 0. The lowest BCUT2D eigenvalue weighted by Crippen LogP contribution is -2.56. The minimum atomic E-state index is -1.25. The molecule has 178 valence electrons. The van der Waals surface area contributed by atoms with Crippen molar-refractivity contribution in [1.29, 1.82) is 0 Å². The van der Waals surface area contributed by atoms with Gasteiger partial charge in [-0.15, -0.1) is 0 Å². The van der Waals surface area contributed by atoms with Crippen LogP contribution in [0.2, 0.25) is 0 Å². The topological polar surface area (TPSA) is 99.2 Å². The summed E-state index contributed by atoms with van der Waals surface area (Å²) in [5, 5.41) is 13.9. The molecule has 8 nitrogen and oxygen atoms in total. The largest absolute Gasteiger partial charge is 0.467 e. The quantitative estimate of drug-likeness (QED) is 0.532. The fourth-order valence-electron chi connectivity index (χ4n) is 4.06. The van der Waals surface area contributed by atoms with Gasteiger partial charge in [-0.2, -0.15) is 0 Å². The molecule has 0 bridgehead atoms. The van der Waals surface area contributed by atoms with E-state index in [1.807, 2.05) is 45.7 Å². The van der Waals surface area contributed by atoms with E-state index in [4.69, 9.17) is 4.74 Å². The molecule has 2 N–H and O–H groups in total. The molecule has 1 aromatic rings. The minimum absolute atomic E-state index is 0.174. The second kappa shape index (κ2) is 11.4. The summed E-state index contributed by atoms with van der Waals surface area (Å²) in [6, 6.07) is 6.37. The number of benzene rings is 1. The molecule has 0 aromatic heterocycles. The molecule has 1 heterocycles. The normalized spacial score (nSPS) is 20.7. The standard InChI is InChI=1S/C24H37N3O5/c1-7-16(4)19(24(31)32-6)25-22(29)20(21(28)17-11-9-8-10-12-17)27-14-26(5)18(23(27)30)13-15(2)3/h8-12,15-16,18-21,28H,7,13-14H2,1-6H3,(H,25,29)/t16-,18-,19-,20+,21-/m0/s1. The number of likely N-dealkylation sites (N-methyl/N-ethyl adjacent to an activating group) is 1. The molecule has 0 spiro atoms. The molecular weight excluding hydrogens is 410 g/mol. The highest BCUT2D eigenvalue weighted by Gasteiger charge is 2.46. The van der Waals surface area contributed by atoms with Crippen molar-refractivity contribution < 1.29 is 24.2 Å². The zero-order chi connectivity index (χ0) is 24.0. The van der Waals surface area contributed by atoms with Gasteiger partial charge in [-0.25, -0.2) is 4.79 Å². The van der Waals surface area contributed by atoms with Crippen molar-refractivity contribution >= 4 is 17.8 Å². The van der Waals surface area contributed by atoms with Gasteiger partial charge in [0.1, 0.15) is 18.2 Å². The molecule has 0 radical (unpaired) electrons. The van der Waals surface area contributed by atoms with E-state index in [1.54, 1.807) is 24.3 Å². The zero-order valence-electron chi connectivity index (χ0n) is 19.9. The number of hydrogen-bond acceptors (Lipinski definition) is 6. The number of methoxy groups -OCH3 is 1. The Kier molecular flexibility index (Phi) is 9.21. The lowest BCUT2D eigenvalue weighted by Gasteiger charge is -2.33. The van der Waals surface area contributed by atoms with E-state index >= 15 is 0 Å². The summed E-state index contributed by atoms with van der Waals surface area (Å²) in [6.45, 7) is 8.06. The average molecular weight is 448 g/mol. The molecule has 1 aromatic carbocycles. The van der Waals surface area contributed by atoms with Crippen molar-refractivity contribution in [3.05, 3.63) is 35.9 Å². The number of esters is 1. The smallest absolute Gasteiger partial charge is 0.328 e. The Hall–Kier alpha value is -2.45. The van der Waals surface area contributed by atoms with Crippen LogP contribution < -0.4 is 5.32 Å². The Labute approximate surface area is 190 Å². The number of aliphatic hydroxyl groups excluding tert-OH is 1. The van der Waals surface area contributed by atoms with Crippen molar-refractivity contribution in [1.82, 2.24) is 15.1 Å². The maximum atomic E-state index is 13.5. The number of hydrogen-bond donors (Lipinski definition) is 2. The van der Waals surface area contributed by atoms with Crippen LogP contribution in [0.5, 0.6) is 0 Å². The average Bonchev–Trinajstić information content (AvgIpc) is 3.04. The van der Waals surface area contributed by atoms with E-state index in [-0.39, 0.29) is 24.5 Å². The fraction of sp³-hybridized carbons (Fsp3) is 0.625. The second-order valence-electron chi connectivity index (χ2n) is 9.05. The van der Waals surface area contributed by atoms with E-state index in [2.05, 4.69) is 5.32 Å². The van der Waals surface area contributed by atoms with Crippen LogP contribution in [0.3, 0.4) is 0 Å². The first-order valence-electron chi connectivity index (χ1n) is 11.2. The van der Waals surface area contributed by atoms with Gasteiger partial charge < -0.3 is 20.1 Å². The highest BCUT2D eigenvalue weighted by Crippen LogP contribution is 2.28. The van der Waals surface area contributed by atoms with Crippen molar-refractivity contribution in [2.45, 2.75) is 64.8 Å². The highest BCUT2D eigenvalue weighted by atomic mass is 16.5. The summed E-state index contributed by atoms with van der Waals surface area (Å²) in [5.41, 5.74) is 0.522. The van der Waals surface area contributed by atoms with Gasteiger partial charge in [-0.1, -0.05) is 64.4 Å². The number of rotatable bonds is 10. The Balaban J connectivity index is 2.39. The Morgan fingerprint density at radius 3 is 2.38 bits per heavy atom. The molecule has 2 amide bonds. The summed E-state index contributed by atoms with van der Waals surface area (Å²) in [7, 11) is 3.11. The lowest BCUT2D eigenvalue weighted by atomic mass is 9.96. The molecule has 32 heavy (non-hydrogen) atoms. The fourth-order valence-corrected chi connectivity index (χ4v) is 4.06. The maximum Gasteiger partial charge on any atom is 0.328 e. The first-order chi connectivity index (χ1) is 15.1. The van der Waals surface area contributed by atoms with Gasteiger partial charge in [0.05, 0.1) is 19.8 Å². The van der Waals surface area contributed by atoms with Crippen LogP contribution in [0.15, 0.2) is 30.3 Å². The van der Waals surface area contributed by atoms with Crippen LogP contribution in [0.4, 0.5) is 0 Å². The van der Waals surface area contributed by atoms with E-state index in [0.717, 1.165) is 0 Å². The second-order valence-corrected chi connectivity index (χ2v) is 9.05. The molecule has 0 saturated carbocycles. The van der Waals surface area contributed by atoms with Crippen LogP contribution in [0.1, 0.15) is 52.2 Å². The van der Waals surface area contributed by atoms with Crippen LogP contribution in [0.25, 0.3) is 0 Å². The van der Waals surface area contributed by atoms with Gasteiger partial charge >= 0.3 is 5.97 Å². The van der Waals surface area contributed by atoms with Gasteiger partial charge in [0.2, 0.25) is 11.8 Å². The molecular formula is C24H37N3O5. The molecule has 2 rings (SSSR count).